The third-order valence-corrected chi connectivity index (χ3v) is 4.12. The van der Waals surface area contributed by atoms with Crippen LogP contribution in [0.3, 0.4) is 0 Å². The lowest BCUT2D eigenvalue weighted by molar-refractivity contribution is -0.116. The van der Waals surface area contributed by atoms with Gasteiger partial charge in [0.15, 0.2) is 0 Å². The number of primary amides is 1. The van der Waals surface area contributed by atoms with Crippen LogP contribution >= 0.6 is 0 Å². The summed E-state index contributed by atoms with van der Waals surface area (Å²) in [5.41, 5.74) is 11.7. The van der Waals surface area contributed by atoms with E-state index in [1.807, 2.05) is 0 Å². The molecule has 0 spiro atoms. The highest BCUT2D eigenvalue weighted by Gasteiger charge is 2.25. The van der Waals surface area contributed by atoms with Crippen molar-refractivity contribution >= 4 is 21.6 Å². The van der Waals surface area contributed by atoms with Gasteiger partial charge in [-0.05, 0) is 30.5 Å². The molecular formula is C11H15N3O4S. The summed E-state index contributed by atoms with van der Waals surface area (Å²) < 4.78 is 31.7. The van der Waals surface area contributed by atoms with E-state index in [9.17, 15) is 13.2 Å². The minimum atomic E-state index is -3.88. The van der Waals surface area contributed by atoms with Crippen molar-refractivity contribution in [2.75, 3.05) is 18.9 Å². The lowest BCUT2D eigenvalue weighted by Crippen LogP contribution is -2.33. The maximum atomic E-state index is 12.1. The van der Waals surface area contributed by atoms with E-state index in [0.29, 0.717) is 24.5 Å². The van der Waals surface area contributed by atoms with Gasteiger partial charge in [0.2, 0.25) is 15.9 Å². The van der Waals surface area contributed by atoms with Crippen LogP contribution in [0.5, 0.6) is 5.75 Å². The Morgan fingerprint density at radius 3 is 2.84 bits per heavy atom. The van der Waals surface area contributed by atoms with Crippen molar-refractivity contribution in [2.45, 2.75) is 17.7 Å². The zero-order valence-corrected chi connectivity index (χ0v) is 11.0. The summed E-state index contributed by atoms with van der Waals surface area (Å²) in [5, 5.41) is 0. The number of ether oxygens (including phenoxy) is 1. The number of nitrogens with two attached hydrogens (primary N) is 2. The lowest BCUT2D eigenvalue weighted by atomic mass is 10.1. The van der Waals surface area contributed by atoms with E-state index in [1.165, 1.54) is 6.07 Å². The second-order valence-corrected chi connectivity index (χ2v) is 5.99. The molecule has 0 unspecified atom stereocenters. The van der Waals surface area contributed by atoms with Gasteiger partial charge in [-0.3, -0.25) is 4.79 Å². The van der Waals surface area contributed by atoms with E-state index in [1.54, 1.807) is 6.07 Å². The number of amides is 1. The Hall–Kier alpha value is -1.80. The molecule has 0 atom stereocenters. The third-order valence-electron chi connectivity index (χ3n) is 2.72. The van der Waals surface area contributed by atoms with Crippen LogP contribution in [0.4, 0.5) is 5.69 Å². The van der Waals surface area contributed by atoms with Gasteiger partial charge in [-0.25, -0.2) is 13.1 Å². The van der Waals surface area contributed by atoms with Gasteiger partial charge < -0.3 is 16.2 Å². The van der Waals surface area contributed by atoms with Crippen LogP contribution in [0.25, 0.3) is 0 Å². The van der Waals surface area contributed by atoms with E-state index in [0.717, 1.165) is 12.0 Å². The SMILES string of the molecule is NC(=O)CNS(=O)(=O)c1cc(N)cc2c1OCCC2. The zero-order valence-electron chi connectivity index (χ0n) is 10.2. The fourth-order valence-electron chi connectivity index (χ4n) is 1.91. The smallest absolute Gasteiger partial charge is 0.244 e. The summed E-state index contributed by atoms with van der Waals surface area (Å²) in [6.07, 6.45) is 1.52. The van der Waals surface area contributed by atoms with Gasteiger partial charge in [0, 0.05) is 5.69 Å². The maximum absolute atomic E-state index is 12.1. The maximum Gasteiger partial charge on any atom is 0.244 e. The van der Waals surface area contributed by atoms with Crippen LogP contribution in [-0.4, -0.2) is 27.5 Å². The molecule has 0 bridgehead atoms. The number of hydrogen-bond donors (Lipinski definition) is 3. The highest BCUT2D eigenvalue weighted by molar-refractivity contribution is 7.89. The lowest BCUT2D eigenvalue weighted by Gasteiger charge is -2.21. The monoisotopic (exact) mass is 285 g/mol. The molecule has 104 valence electrons. The summed E-state index contributed by atoms with van der Waals surface area (Å²) in [4.78, 5) is 10.6. The van der Waals surface area contributed by atoms with Crippen LogP contribution in [-0.2, 0) is 21.2 Å². The number of nitrogens with one attached hydrogen (secondary N) is 1. The zero-order chi connectivity index (χ0) is 14.0. The first-order chi connectivity index (χ1) is 8.90. The topological polar surface area (TPSA) is 125 Å². The first-order valence-corrected chi connectivity index (χ1v) is 7.21. The Morgan fingerprint density at radius 2 is 2.16 bits per heavy atom. The normalized spacial score (nSPS) is 14.5. The number of benzene rings is 1. The Kier molecular flexibility index (Phi) is 3.63. The molecule has 7 nitrogen and oxygen atoms in total. The molecule has 0 fully saturated rings. The van der Waals surface area contributed by atoms with Crippen LogP contribution < -0.4 is 20.9 Å². The number of anilines is 1. The molecule has 0 radical (unpaired) electrons. The number of carbonyl (C=O) groups excluding carboxylic acids is 1. The van der Waals surface area contributed by atoms with Crippen molar-refractivity contribution < 1.29 is 17.9 Å². The minimum Gasteiger partial charge on any atom is -0.492 e. The number of fused-ring (bicyclic) bond motifs is 1. The van der Waals surface area contributed by atoms with Gasteiger partial charge in [-0.2, -0.15) is 0 Å². The average molecular weight is 285 g/mol. The fraction of sp³-hybridized carbons (Fsp3) is 0.364. The Morgan fingerprint density at radius 1 is 1.42 bits per heavy atom. The second kappa shape index (κ2) is 5.06. The van der Waals surface area contributed by atoms with Crippen LogP contribution in [0.1, 0.15) is 12.0 Å². The van der Waals surface area contributed by atoms with Crippen molar-refractivity contribution in [3.63, 3.8) is 0 Å². The molecular weight excluding hydrogens is 270 g/mol. The van der Waals surface area contributed by atoms with Crippen LogP contribution in [0.2, 0.25) is 0 Å². The van der Waals surface area contributed by atoms with E-state index in [-0.39, 0.29) is 4.90 Å². The van der Waals surface area contributed by atoms with E-state index >= 15 is 0 Å². The Bertz CT molecular complexity index is 613. The number of rotatable bonds is 4. The van der Waals surface area contributed by atoms with Crippen molar-refractivity contribution in [3.05, 3.63) is 17.7 Å². The van der Waals surface area contributed by atoms with E-state index in [4.69, 9.17) is 16.2 Å². The molecule has 0 saturated carbocycles. The molecule has 0 aromatic heterocycles. The van der Waals surface area contributed by atoms with E-state index < -0.39 is 22.5 Å². The molecule has 19 heavy (non-hydrogen) atoms. The number of hydrogen-bond acceptors (Lipinski definition) is 5. The number of aryl methyl sites for hydroxylation is 1. The standard InChI is InChI=1S/C11H15N3O4S/c12-8-4-7-2-1-3-18-11(7)9(5-8)19(16,17)14-6-10(13)15/h4-5,14H,1-3,6,12H2,(H2,13,15). The molecule has 1 aliphatic rings. The summed E-state index contributed by atoms with van der Waals surface area (Å²) in [6, 6.07) is 3.01. The summed E-state index contributed by atoms with van der Waals surface area (Å²) in [6.45, 7) is -0.0127. The molecule has 1 aliphatic heterocycles. The molecule has 1 aromatic carbocycles. The second-order valence-electron chi connectivity index (χ2n) is 4.25. The summed E-state index contributed by atoms with van der Waals surface area (Å²) >= 11 is 0. The van der Waals surface area contributed by atoms with Crippen LogP contribution in [0, 0.1) is 0 Å². The minimum absolute atomic E-state index is 0.0524. The molecule has 1 aromatic rings. The number of sulfonamides is 1. The first-order valence-electron chi connectivity index (χ1n) is 5.73. The number of nitrogen functional groups attached to an aromatic ring is 1. The van der Waals surface area contributed by atoms with Crippen LogP contribution in [0.15, 0.2) is 17.0 Å². The van der Waals surface area contributed by atoms with Crippen molar-refractivity contribution in [1.82, 2.24) is 4.72 Å². The van der Waals surface area contributed by atoms with Gasteiger partial charge >= 0.3 is 0 Å². The van der Waals surface area contributed by atoms with Gasteiger partial charge in [0.05, 0.1) is 13.2 Å². The molecule has 0 saturated heterocycles. The molecule has 8 heteroatoms. The molecule has 1 amide bonds. The fourth-order valence-corrected chi connectivity index (χ4v) is 3.13. The van der Waals surface area contributed by atoms with Crippen molar-refractivity contribution in [2.24, 2.45) is 5.73 Å². The molecule has 0 aliphatic carbocycles. The van der Waals surface area contributed by atoms with Gasteiger partial charge in [0.1, 0.15) is 10.6 Å². The van der Waals surface area contributed by atoms with E-state index in [2.05, 4.69) is 4.72 Å². The predicted octanol–water partition coefficient (Wildman–Crippen LogP) is -0.643. The molecule has 1 heterocycles. The third kappa shape index (κ3) is 2.96. The quantitative estimate of drug-likeness (QED) is 0.634. The van der Waals surface area contributed by atoms with Gasteiger partial charge in [-0.1, -0.05) is 0 Å². The Labute approximate surface area is 111 Å². The highest BCUT2D eigenvalue weighted by atomic mass is 32.2. The molecule has 2 rings (SSSR count). The first kappa shape index (κ1) is 13.6. The number of carbonyl (C=O) groups is 1. The highest BCUT2D eigenvalue weighted by Crippen LogP contribution is 2.34. The van der Waals surface area contributed by atoms with Crippen molar-refractivity contribution in [3.8, 4) is 5.75 Å². The van der Waals surface area contributed by atoms with Gasteiger partial charge in [-0.15, -0.1) is 0 Å². The van der Waals surface area contributed by atoms with Gasteiger partial charge in [0.25, 0.3) is 0 Å². The molecule has 5 N–H and O–H groups in total. The summed E-state index contributed by atoms with van der Waals surface area (Å²) in [5.74, 6) is -0.459. The van der Waals surface area contributed by atoms with Crippen molar-refractivity contribution in [1.29, 1.82) is 0 Å². The summed E-state index contributed by atoms with van der Waals surface area (Å²) in [7, 11) is -3.88. The largest absolute Gasteiger partial charge is 0.492 e. The average Bonchev–Trinajstić information content (AvgIpc) is 2.35. The Balaban J connectivity index is 2.43. The predicted molar refractivity (Wildman–Crippen MR) is 69.1 cm³/mol.